The van der Waals surface area contributed by atoms with E-state index in [2.05, 4.69) is 23.4 Å². The number of hydrogen-bond donors (Lipinski definition) is 0. The van der Waals surface area contributed by atoms with Crippen LogP contribution in [-0.2, 0) is 0 Å². The minimum atomic E-state index is -0.271. The largest absolute Gasteiger partial charge is 0.182 e. The van der Waals surface area contributed by atoms with Gasteiger partial charge in [-0.15, -0.1) is 0 Å². The highest BCUT2D eigenvalue weighted by molar-refractivity contribution is 5.42. The molecule has 0 N–H and O–H groups in total. The molecular weight excluding hydrogens is 148 g/mol. The van der Waals surface area contributed by atoms with Gasteiger partial charge in [-0.2, -0.15) is 10.2 Å². The molecule has 0 saturated carbocycles. The van der Waals surface area contributed by atoms with Gasteiger partial charge in [0.1, 0.15) is 11.1 Å². The lowest BCUT2D eigenvalue weighted by atomic mass is 9.80. The second kappa shape index (κ2) is 2.28. The average molecular weight is 164 g/mol. The fourth-order valence-electron chi connectivity index (χ4n) is 1.11. The highest BCUT2D eigenvalue weighted by Gasteiger charge is 2.35. The summed E-state index contributed by atoms with van der Waals surface area (Å²) in [6, 6.07) is 0. The molecule has 1 aliphatic heterocycles. The summed E-state index contributed by atoms with van der Waals surface area (Å²) < 4.78 is 0. The third-order valence-electron chi connectivity index (χ3n) is 2.39. The maximum absolute atomic E-state index is 4.21. The Bertz CT molecular complexity index is 242. The Hall–Kier alpha value is -0.920. The van der Waals surface area contributed by atoms with Gasteiger partial charge in [-0.3, -0.25) is 0 Å². The fourth-order valence-corrected chi connectivity index (χ4v) is 1.11. The van der Waals surface area contributed by atoms with Crippen molar-refractivity contribution >= 4 is 0 Å². The lowest BCUT2D eigenvalue weighted by Gasteiger charge is -2.35. The second-order valence-corrected chi connectivity index (χ2v) is 4.28. The molecule has 0 fully saturated rings. The van der Waals surface area contributed by atoms with Gasteiger partial charge in [-0.1, -0.05) is 13.2 Å². The Morgan fingerprint density at radius 1 is 0.833 bits per heavy atom. The van der Waals surface area contributed by atoms with Crippen LogP contribution in [0.15, 0.2) is 34.5 Å². The monoisotopic (exact) mass is 164 g/mol. The molecule has 0 aromatic rings. The molecule has 0 radical (unpaired) electrons. The summed E-state index contributed by atoms with van der Waals surface area (Å²) in [5.41, 5.74) is 1.43. The molecule has 0 spiro atoms. The Morgan fingerprint density at radius 3 is 1.33 bits per heavy atom. The number of azo groups is 1. The molecule has 66 valence electrons. The molecule has 12 heavy (non-hydrogen) atoms. The first-order valence-corrected chi connectivity index (χ1v) is 4.10. The summed E-state index contributed by atoms with van der Waals surface area (Å²) in [5, 5.41) is 8.42. The molecule has 2 nitrogen and oxygen atoms in total. The van der Waals surface area contributed by atoms with E-state index in [1.807, 2.05) is 27.7 Å². The molecular formula is C10H16N2. The molecule has 0 bridgehead atoms. The van der Waals surface area contributed by atoms with Gasteiger partial charge in [0, 0.05) is 0 Å². The maximum Gasteiger partial charge on any atom is 0.101 e. The molecule has 0 aromatic heterocycles. The molecule has 0 aliphatic carbocycles. The summed E-state index contributed by atoms with van der Waals surface area (Å²) >= 11 is 0. The normalized spacial score (nSPS) is 26.0. The van der Waals surface area contributed by atoms with Crippen molar-refractivity contribution in [1.82, 2.24) is 0 Å². The summed E-state index contributed by atoms with van der Waals surface area (Å²) in [4.78, 5) is 0. The zero-order valence-electron chi connectivity index (χ0n) is 8.31. The maximum atomic E-state index is 4.21. The van der Waals surface area contributed by atoms with E-state index in [0.29, 0.717) is 0 Å². The van der Waals surface area contributed by atoms with Gasteiger partial charge in [0.05, 0.1) is 0 Å². The number of nitrogens with zero attached hydrogens (tertiary/aromatic N) is 2. The van der Waals surface area contributed by atoms with Crippen LogP contribution in [0.4, 0.5) is 0 Å². The van der Waals surface area contributed by atoms with Crippen molar-refractivity contribution in [3.8, 4) is 0 Å². The van der Waals surface area contributed by atoms with Gasteiger partial charge in [0.15, 0.2) is 0 Å². The van der Waals surface area contributed by atoms with E-state index in [9.17, 15) is 0 Å². The molecule has 0 atom stereocenters. The molecule has 0 unspecified atom stereocenters. The van der Waals surface area contributed by atoms with Crippen molar-refractivity contribution in [2.24, 2.45) is 10.2 Å². The third kappa shape index (κ3) is 1.22. The van der Waals surface area contributed by atoms with E-state index in [1.165, 1.54) is 0 Å². The average Bonchev–Trinajstić information content (AvgIpc) is 1.96. The number of hydrogen-bond acceptors (Lipinski definition) is 2. The quantitative estimate of drug-likeness (QED) is 0.525. The van der Waals surface area contributed by atoms with E-state index in [1.54, 1.807) is 0 Å². The zero-order chi connectivity index (χ0) is 9.57. The van der Waals surface area contributed by atoms with Crippen molar-refractivity contribution < 1.29 is 0 Å². The smallest absolute Gasteiger partial charge is 0.101 e. The summed E-state index contributed by atoms with van der Waals surface area (Å²) in [6.45, 7) is 16.0. The van der Waals surface area contributed by atoms with Crippen LogP contribution in [0.3, 0.4) is 0 Å². The minimum absolute atomic E-state index is 0.271. The van der Waals surface area contributed by atoms with Crippen LogP contribution < -0.4 is 0 Å². The van der Waals surface area contributed by atoms with Gasteiger partial charge in [-0.05, 0) is 38.8 Å². The van der Waals surface area contributed by atoms with Crippen LogP contribution in [-0.4, -0.2) is 11.1 Å². The molecule has 0 amide bonds. The van der Waals surface area contributed by atoms with Crippen LogP contribution in [0.2, 0.25) is 0 Å². The van der Waals surface area contributed by atoms with Crippen molar-refractivity contribution in [1.29, 1.82) is 0 Å². The van der Waals surface area contributed by atoms with Crippen molar-refractivity contribution in [3.05, 3.63) is 24.3 Å². The molecule has 0 saturated heterocycles. The molecule has 0 aromatic carbocycles. The van der Waals surface area contributed by atoms with Crippen LogP contribution in [0.5, 0.6) is 0 Å². The summed E-state index contributed by atoms with van der Waals surface area (Å²) in [5.74, 6) is 0. The van der Waals surface area contributed by atoms with Gasteiger partial charge >= 0.3 is 0 Å². The van der Waals surface area contributed by atoms with Crippen LogP contribution >= 0.6 is 0 Å². The Morgan fingerprint density at radius 2 is 1.08 bits per heavy atom. The van der Waals surface area contributed by atoms with Gasteiger partial charge in [-0.25, -0.2) is 0 Å². The second-order valence-electron chi connectivity index (χ2n) is 4.28. The van der Waals surface area contributed by atoms with E-state index in [-0.39, 0.29) is 11.1 Å². The molecule has 2 heteroatoms. The highest BCUT2D eigenvalue weighted by atomic mass is 15.2. The molecule has 1 rings (SSSR count). The van der Waals surface area contributed by atoms with Crippen LogP contribution in [0, 0.1) is 0 Å². The van der Waals surface area contributed by atoms with Gasteiger partial charge < -0.3 is 0 Å². The van der Waals surface area contributed by atoms with E-state index in [4.69, 9.17) is 0 Å². The minimum Gasteiger partial charge on any atom is -0.182 e. The first-order chi connectivity index (χ1) is 5.27. The third-order valence-corrected chi connectivity index (χ3v) is 2.39. The number of rotatable bonds is 0. The Balaban J connectivity index is 3.17. The van der Waals surface area contributed by atoms with Crippen molar-refractivity contribution in [2.45, 2.75) is 38.8 Å². The van der Waals surface area contributed by atoms with Crippen LogP contribution in [0.25, 0.3) is 0 Å². The van der Waals surface area contributed by atoms with Gasteiger partial charge in [0.2, 0.25) is 0 Å². The fraction of sp³-hybridized carbons (Fsp3) is 0.600. The van der Waals surface area contributed by atoms with E-state index >= 15 is 0 Å². The van der Waals surface area contributed by atoms with Crippen LogP contribution in [0.1, 0.15) is 27.7 Å². The van der Waals surface area contributed by atoms with Crippen molar-refractivity contribution in [3.63, 3.8) is 0 Å². The van der Waals surface area contributed by atoms with Gasteiger partial charge in [0.25, 0.3) is 0 Å². The van der Waals surface area contributed by atoms with E-state index in [0.717, 1.165) is 11.1 Å². The highest BCUT2D eigenvalue weighted by Crippen LogP contribution is 2.38. The summed E-state index contributed by atoms with van der Waals surface area (Å²) in [6.07, 6.45) is 0. The molecule has 1 aliphatic rings. The lowest BCUT2D eigenvalue weighted by Crippen LogP contribution is -2.34. The first-order valence-electron chi connectivity index (χ1n) is 4.10. The Kier molecular flexibility index (Phi) is 1.74. The summed E-state index contributed by atoms with van der Waals surface area (Å²) in [7, 11) is 0. The predicted octanol–water partition coefficient (Wildman–Crippen LogP) is 3.12. The zero-order valence-corrected chi connectivity index (χ0v) is 8.31. The first kappa shape index (κ1) is 9.17. The SMILES string of the molecule is C=C1C(=C)C(C)(C)N=NC1(C)C. The Labute approximate surface area is 74.1 Å². The topological polar surface area (TPSA) is 24.7 Å². The van der Waals surface area contributed by atoms with E-state index < -0.39 is 0 Å². The predicted molar refractivity (Wildman–Crippen MR) is 51.3 cm³/mol. The molecule has 1 heterocycles. The lowest BCUT2D eigenvalue weighted by molar-refractivity contribution is 0.449. The standard InChI is InChI=1S/C10H16N2/c1-7-8(2)10(5,6)12-11-9(7,3)4/h1-2H2,3-6H3. The van der Waals surface area contributed by atoms with Crippen molar-refractivity contribution in [2.75, 3.05) is 0 Å².